The lowest BCUT2D eigenvalue weighted by atomic mass is 10.1. The first-order chi connectivity index (χ1) is 11.0. The molecule has 0 atom stereocenters. The van der Waals surface area contributed by atoms with Crippen LogP contribution in [0.1, 0.15) is 22.5 Å². The standard InChI is InChI=1S/C15H18N2O4S2.ClH/c1-21-15(18)13-14(11-4-2-3-5-12(11)22-13)23(19,20)17-10-6-8-16-9-7-10;/h2-5,10,16-17H,6-9H2,1H3;1H. The largest absolute Gasteiger partial charge is 0.465 e. The van der Waals surface area contributed by atoms with Crippen molar-refractivity contribution in [2.24, 2.45) is 0 Å². The predicted octanol–water partition coefficient (Wildman–Crippen LogP) is 2.14. The average Bonchev–Trinajstić information content (AvgIpc) is 2.95. The number of thiophene rings is 1. The Kier molecular flexibility index (Phi) is 6.22. The monoisotopic (exact) mass is 390 g/mol. The molecule has 2 N–H and O–H groups in total. The second-order valence-corrected chi connectivity index (χ2v) is 8.10. The fourth-order valence-electron chi connectivity index (χ4n) is 2.73. The number of piperidine rings is 1. The topological polar surface area (TPSA) is 84.5 Å². The molecule has 0 aliphatic carbocycles. The van der Waals surface area contributed by atoms with Crippen molar-refractivity contribution in [3.05, 3.63) is 29.1 Å². The third-order valence-electron chi connectivity index (χ3n) is 3.85. The minimum Gasteiger partial charge on any atom is -0.465 e. The first-order valence-electron chi connectivity index (χ1n) is 7.36. The molecule has 3 rings (SSSR count). The number of fused-ring (bicyclic) bond motifs is 1. The van der Waals surface area contributed by atoms with Crippen LogP contribution in [0.15, 0.2) is 29.2 Å². The van der Waals surface area contributed by atoms with Gasteiger partial charge in [-0.2, -0.15) is 0 Å². The number of sulfonamides is 1. The summed E-state index contributed by atoms with van der Waals surface area (Å²) in [6.45, 7) is 1.56. The number of esters is 1. The predicted molar refractivity (Wildman–Crippen MR) is 96.6 cm³/mol. The van der Waals surface area contributed by atoms with Gasteiger partial charge in [-0.05, 0) is 32.0 Å². The van der Waals surface area contributed by atoms with Gasteiger partial charge in [0.15, 0.2) is 0 Å². The molecule has 0 saturated carbocycles. The van der Waals surface area contributed by atoms with Crippen LogP contribution in [0.25, 0.3) is 10.1 Å². The second kappa shape index (κ2) is 7.79. The molecule has 0 spiro atoms. The summed E-state index contributed by atoms with van der Waals surface area (Å²) >= 11 is 1.14. The number of halogens is 1. The maximum atomic E-state index is 12.9. The summed E-state index contributed by atoms with van der Waals surface area (Å²) in [5, 5.41) is 3.75. The number of nitrogens with one attached hydrogen (secondary N) is 2. The number of rotatable bonds is 4. The highest BCUT2D eigenvalue weighted by Crippen LogP contribution is 2.35. The number of benzene rings is 1. The Morgan fingerprint density at radius 2 is 1.96 bits per heavy atom. The number of carbonyl (C=O) groups excluding carboxylic acids is 1. The van der Waals surface area contributed by atoms with Crippen molar-refractivity contribution in [1.29, 1.82) is 0 Å². The number of ether oxygens (including phenoxy) is 1. The van der Waals surface area contributed by atoms with Crippen LogP contribution in [0.5, 0.6) is 0 Å². The highest BCUT2D eigenvalue weighted by atomic mass is 35.5. The van der Waals surface area contributed by atoms with E-state index in [0.29, 0.717) is 5.39 Å². The molecule has 1 aromatic heterocycles. The average molecular weight is 391 g/mol. The van der Waals surface area contributed by atoms with Gasteiger partial charge in [-0.1, -0.05) is 18.2 Å². The van der Waals surface area contributed by atoms with Gasteiger partial charge in [0, 0.05) is 16.1 Å². The van der Waals surface area contributed by atoms with Gasteiger partial charge in [0.2, 0.25) is 10.0 Å². The van der Waals surface area contributed by atoms with Gasteiger partial charge in [0.1, 0.15) is 9.77 Å². The van der Waals surface area contributed by atoms with Gasteiger partial charge >= 0.3 is 5.97 Å². The molecule has 1 aliphatic heterocycles. The number of carbonyl (C=O) groups is 1. The van der Waals surface area contributed by atoms with Crippen LogP contribution in [-0.4, -0.2) is 40.6 Å². The van der Waals surface area contributed by atoms with Crippen molar-refractivity contribution in [1.82, 2.24) is 10.0 Å². The second-order valence-electron chi connectivity index (χ2n) is 5.39. The molecule has 0 amide bonds. The fourth-order valence-corrected chi connectivity index (χ4v) is 5.86. The van der Waals surface area contributed by atoms with Crippen LogP contribution >= 0.6 is 23.7 Å². The van der Waals surface area contributed by atoms with Gasteiger partial charge in [-0.3, -0.25) is 0 Å². The lowest BCUT2D eigenvalue weighted by Gasteiger charge is -2.23. The van der Waals surface area contributed by atoms with Crippen molar-refractivity contribution in [2.75, 3.05) is 20.2 Å². The first-order valence-corrected chi connectivity index (χ1v) is 9.66. The normalized spacial score (nSPS) is 15.9. The minimum atomic E-state index is -3.80. The summed E-state index contributed by atoms with van der Waals surface area (Å²) in [7, 11) is -2.54. The molecule has 1 aliphatic rings. The van der Waals surface area contributed by atoms with E-state index in [4.69, 9.17) is 4.74 Å². The zero-order valence-corrected chi connectivity index (χ0v) is 15.5. The van der Waals surface area contributed by atoms with E-state index in [1.807, 2.05) is 6.07 Å². The molecule has 0 unspecified atom stereocenters. The van der Waals surface area contributed by atoms with Gasteiger partial charge < -0.3 is 10.1 Å². The summed E-state index contributed by atoms with van der Waals surface area (Å²) in [4.78, 5) is 12.2. The number of hydrogen-bond donors (Lipinski definition) is 2. The highest BCUT2D eigenvalue weighted by Gasteiger charge is 2.30. The van der Waals surface area contributed by atoms with E-state index in [0.717, 1.165) is 42.0 Å². The Balaban J connectivity index is 0.00000208. The molecule has 24 heavy (non-hydrogen) atoms. The van der Waals surface area contributed by atoms with E-state index in [2.05, 4.69) is 10.0 Å². The third kappa shape index (κ3) is 3.73. The van der Waals surface area contributed by atoms with Crippen LogP contribution in [0.3, 0.4) is 0 Å². The Labute approximate surface area is 151 Å². The molecule has 9 heteroatoms. The van der Waals surface area contributed by atoms with E-state index in [-0.39, 0.29) is 28.2 Å². The van der Waals surface area contributed by atoms with Crippen molar-refractivity contribution in [3.63, 3.8) is 0 Å². The zero-order valence-electron chi connectivity index (χ0n) is 13.1. The maximum absolute atomic E-state index is 12.9. The van der Waals surface area contributed by atoms with Gasteiger partial charge in [-0.25, -0.2) is 17.9 Å². The molecule has 1 saturated heterocycles. The van der Waals surface area contributed by atoms with E-state index in [1.165, 1.54) is 7.11 Å². The van der Waals surface area contributed by atoms with E-state index in [9.17, 15) is 13.2 Å². The van der Waals surface area contributed by atoms with Crippen molar-refractivity contribution in [3.8, 4) is 0 Å². The van der Waals surface area contributed by atoms with Crippen LogP contribution in [0, 0.1) is 0 Å². The summed E-state index contributed by atoms with van der Waals surface area (Å²) in [6.07, 6.45) is 1.46. The van der Waals surface area contributed by atoms with Crippen LogP contribution in [0.2, 0.25) is 0 Å². The Morgan fingerprint density at radius 3 is 2.62 bits per heavy atom. The molecule has 2 heterocycles. The maximum Gasteiger partial charge on any atom is 0.349 e. The Morgan fingerprint density at radius 1 is 1.29 bits per heavy atom. The first kappa shape index (κ1) is 19.1. The molecule has 2 aromatic rings. The van der Waals surface area contributed by atoms with Crippen molar-refractivity contribution < 1.29 is 17.9 Å². The van der Waals surface area contributed by atoms with Crippen LogP contribution < -0.4 is 10.0 Å². The van der Waals surface area contributed by atoms with E-state index < -0.39 is 16.0 Å². The molecule has 132 valence electrons. The Hall–Kier alpha value is -1.19. The highest BCUT2D eigenvalue weighted by molar-refractivity contribution is 7.90. The summed E-state index contributed by atoms with van der Waals surface area (Å²) in [5.74, 6) is -0.628. The van der Waals surface area contributed by atoms with Crippen molar-refractivity contribution >= 4 is 49.8 Å². The van der Waals surface area contributed by atoms with Crippen LogP contribution in [-0.2, 0) is 14.8 Å². The summed E-state index contributed by atoms with van der Waals surface area (Å²) in [6, 6.07) is 6.98. The lowest BCUT2D eigenvalue weighted by Crippen LogP contribution is -2.42. The number of hydrogen-bond acceptors (Lipinski definition) is 6. The summed E-state index contributed by atoms with van der Waals surface area (Å²) < 4.78 is 34.0. The molecule has 6 nitrogen and oxygen atoms in total. The molecule has 1 aromatic carbocycles. The van der Waals surface area contributed by atoms with Gasteiger partial charge in [0.05, 0.1) is 7.11 Å². The quantitative estimate of drug-likeness (QED) is 0.781. The smallest absolute Gasteiger partial charge is 0.349 e. The van der Waals surface area contributed by atoms with Crippen LogP contribution in [0.4, 0.5) is 0 Å². The zero-order chi connectivity index (χ0) is 16.4. The van der Waals surface area contributed by atoms with Crippen molar-refractivity contribution in [2.45, 2.75) is 23.8 Å². The number of methoxy groups -OCH3 is 1. The molecular weight excluding hydrogens is 372 g/mol. The van der Waals surface area contributed by atoms with E-state index in [1.54, 1.807) is 18.2 Å². The third-order valence-corrected chi connectivity index (χ3v) is 6.74. The molecule has 0 radical (unpaired) electrons. The SMILES string of the molecule is COC(=O)c1sc2ccccc2c1S(=O)(=O)NC1CCNCC1.Cl. The summed E-state index contributed by atoms with van der Waals surface area (Å²) in [5.41, 5.74) is 0. The lowest BCUT2D eigenvalue weighted by molar-refractivity contribution is 0.0602. The molecule has 1 fully saturated rings. The van der Waals surface area contributed by atoms with Gasteiger partial charge in [0.25, 0.3) is 0 Å². The fraction of sp³-hybridized carbons (Fsp3) is 0.400. The van der Waals surface area contributed by atoms with E-state index >= 15 is 0 Å². The Bertz CT molecular complexity index is 829. The van der Waals surface area contributed by atoms with Gasteiger partial charge in [-0.15, -0.1) is 23.7 Å². The molecular formula is C15H19ClN2O4S2. The molecule has 0 bridgehead atoms. The minimum absolute atomic E-state index is 0.